The van der Waals surface area contributed by atoms with E-state index in [9.17, 15) is 9.59 Å². The number of amides is 1. The smallest absolute Gasteiger partial charge is 0.407 e. The summed E-state index contributed by atoms with van der Waals surface area (Å²) in [5.41, 5.74) is 1.85. The Balaban J connectivity index is 2.42. The normalized spacial score (nSPS) is 11.2. The fourth-order valence-corrected chi connectivity index (χ4v) is 2.63. The first-order chi connectivity index (χ1) is 11.2. The second kappa shape index (κ2) is 8.98. The molecule has 0 saturated heterocycles. The lowest BCUT2D eigenvalue weighted by atomic mass is 10.2. The minimum absolute atomic E-state index is 0.341. The van der Waals surface area contributed by atoms with Gasteiger partial charge in [0, 0.05) is 13.1 Å². The molecule has 8 heteroatoms. The van der Waals surface area contributed by atoms with Crippen LogP contribution in [0.3, 0.4) is 0 Å². The zero-order valence-corrected chi connectivity index (χ0v) is 16.0. The molecule has 0 unspecified atom stereocenters. The third-order valence-corrected chi connectivity index (χ3v) is 4.03. The van der Waals surface area contributed by atoms with Gasteiger partial charge in [-0.05, 0) is 64.6 Å². The summed E-state index contributed by atoms with van der Waals surface area (Å²) in [6, 6.07) is 0. The van der Waals surface area contributed by atoms with Gasteiger partial charge in [0.25, 0.3) is 0 Å². The predicted octanol–water partition coefficient (Wildman–Crippen LogP) is 2.93. The molecule has 1 heterocycles. The van der Waals surface area contributed by atoms with Gasteiger partial charge in [-0.25, -0.2) is 9.59 Å². The Kier molecular flexibility index (Phi) is 7.62. The highest BCUT2D eigenvalue weighted by Gasteiger charge is 2.18. The first-order valence-electron chi connectivity index (χ1n) is 7.88. The lowest BCUT2D eigenvalue weighted by molar-refractivity contribution is 0.0512. The molecule has 3 N–H and O–H groups in total. The number of alkyl carbamates (subject to hydrolysis) is 1. The summed E-state index contributed by atoms with van der Waals surface area (Å²) in [6.07, 6.45) is -0.439. The van der Waals surface area contributed by atoms with E-state index in [0.717, 1.165) is 16.2 Å². The molecule has 0 saturated carbocycles. The molecule has 7 nitrogen and oxygen atoms in total. The standard InChI is InChI=1S/C16H27N3O4S/c1-7-22-14(20)12-10(2)11(3)13(19-12)24-18-9-8-17-15(21)23-16(4,5)6/h18-19H,7-9H2,1-6H3,(H,17,21). The van der Waals surface area contributed by atoms with Gasteiger partial charge in [-0.15, -0.1) is 0 Å². The monoisotopic (exact) mass is 357 g/mol. The first-order valence-corrected chi connectivity index (χ1v) is 8.70. The SMILES string of the molecule is CCOC(=O)c1[nH]c(SNCCNC(=O)OC(C)(C)C)c(C)c1C. The van der Waals surface area contributed by atoms with Crippen LogP contribution in [0.1, 0.15) is 49.3 Å². The highest BCUT2D eigenvalue weighted by molar-refractivity contribution is 7.97. The molecule has 0 aliphatic carbocycles. The summed E-state index contributed by atoms with van der Waals surface area (Å²) in [7, 11) is 0. The highest BCUT2D eigenvalue weighted by atomic mass is 32.2. The van der Waals surface area contributed by atoms with Gasteiger partial charge < -0.3 is 19.8 Å². The summed E-state index contributed by atoms with van der Waals surface area (Å²) in [5.74, 6) is -0.350. The summed E-state index contributed by atoms with van der Waals surface area (Å²) in [5, 5.41) is 3.52. The molecule has 0 spiro atoms. The van der Waals surface area contributed by atoms with Crippen molar-refractivity contribution in [3.8, 4) is 0 Å². The van der Waals surface area contributed by atoms with Crippen molar-refractivity contribution in [1.82, 2.24) is 15.0 Å². The second-order valence-corrected chi connectivity index (χ2v) is 7.13. The molecule has 0 aliphatic heterocycles. The van der Waals surface area contributed by atoms with Crippen LogP contribution < -0.4 is 10.0 Å². The minimum Gasteiger partial charge on any atom is -0.461 e. The van der Waals surface area contributed by atoms with Crippen LogP contribution in [0.25, 0.3) is 0 Å². The fraction of sp³-hybridized carbons (Fsp3) is 0.625. The molecule has 1 aromatic rings. The van der Waals surface area contributed by atoms with Crippen molar-refractivity contribution in [2.45, 2.75) is 52.2 Å². The third-order valence-electron chi connectivity index (χ3n) is 3.07. The molecule has 1 amide bonds. The van der Waals surface area contributed by atoms with Crippen LogP contribution in [0.15, 0.2) is 5.03 Å². The van der Waals surface area contributed by atoms with Gasteiger partial charge in [-0.1, -0.05) is 0 Å². The number of nitrogens with one attached hydrogen (secondary N) is 3. The van der Waals surface area contributed by atoms with Crippen LogP contribution in [0, 0.1) is 13.8 Å². The molecule has 0 fully saturated rings. The Bertz CT molecular complexity index is 579. The van der Waals surface area contributed by atoms with E-state index in [4.69, 9.17) is 9.47 Å². The maximum Gasteiger partial charge on any atom is 0.407 e. The largest absolute Gasteiger partial charge is 0.461 e. The Morgan fingerprint density at radius 3 is 2.42 bits per heavy atom. The molecule has 0 atom stereocenters. The lowest BCUT2D eigenvalue weighted by Crippen LogP contribution is -2.35. The summed E-state index contributed by atoms with van der Waals surface area (Å²) in [6.45, 7) is 12.4. The van der Waals surface area contributed by atoms with E-state index in [0.29, 0.717) is 25.4 Å². The second-order valence-electron chi connectivity index (χ2n) is 6.22. The van der Waals surface area contributed by atoms with Crippen molar-refractivity contribution in [3.05, 3.63) is 16.8 Å². The van der Waals surface area contributed by atoms with E-state index in [1.165, 1.54) is 11.9 Å². The number of carbonyl (C=O) groups excluding carboxylic acids is 2. The highest BCUT2D eigenvalue weighted by Crippen LogP contribution is 2.24. The maximum absolute atomic E-state index is 11.9. The maximum atomic E-state index is 11.9. The van der Waals surface area contributed by atoms with E-state index >= 15 is 0 Å². The fourth-order valence-electron chi connectivity index (χ4n) is 1.82. The van der Waals surface area contributed by atoms with Crippen molar-refractivity contribution >= 4 is 24.0 Å². The Labute approximate surface area is 147 Å². The zero-order valence-electron chi connectivity index (χ0n) is 15.2. The number of ether oxygens (including phenoxy) is 2. The van der Waals surface area contributed by atoms with Crippen molar-refractivity contribution in [3.63, 3.8) is 0 Å². The number of hydrogen-bond donors (Lipinski definition) is 3. The van der Waals surface area contributed by atoms with Gasteiger partial charge in [0.05, 0.1) is 11.6 Å². The van der Waals surface area contributed by atoms with Gasteiger partial charge in [0.1, 0.15) is 11.3 Å². The third kappa shape index (κ3) is 6.45. The number of aromatic nitrogens is 1. The van der Waals surface area contributed by atoms with E-state index in [1.54, 1.807) is 6.92 Å². The summed E-state index contributed by atoms with van der Waals surface area (Å²) in [4.78, 5) is 26.4. The number of aromatic amines is 1. The average Bonchev–Trinajstić information content (AvgIpc) is 2.73. The molecule has 0 aliphatic rings. The van der Waals surface area contributed by atoms with Crippen molar-refractivity contribution < 1.29 is 19.1 Å². The van der Waals surface area contributed by atoms with Gasteiger partial charge in [0.2, 0.25) is 0 Å². The number of carbonyl (C=O) groups is 2. The molecular weight excluding hydrogens is 330 g/mol. The molecule has 0 radical (unpaired) electrons. The van der Waals surface area contributed by atoms with E-state index in [1.807, 2.05) is 34.6 Å². The number of esters is 1. The Morgan fingerprint density at radius 1 is 1.17 bits per heavy atom. The average molecular weight is 357 g/mol. The predicted molar refractivity (Wildman–Crippen MR) is 94.3 cm³/mol. The quantitative estimate of drug-likeness (QED) is 0.395. The zero-order chi connectivity index (χ0) is 18.3. The van der Waals surface area contributed by atoms with Gasteiger partial charge >= 0.3 is 12.1 Å². The molecular formula is C16H27N3O4S. The van der Waals surface area contributed by atoms with Crippen LogP contribution in [0.5, 0.6) is 0 Å². The van der Waals surface area contributed by atoms with E-state index in [2.05, 4.69) is 15.0 Å². The van der Waals surface area contributed by atoms with Gasteiger partial charge in [0.15, 0.2) is 0 Å². The van der Waals surface area contributed by atoms with Crippen LogP contribution in [-0.4, -0.2) is 42.3 Å². The molecule has 1 rings (SSSR count). The lowest BCUT2D eigenvalue weighted by Gasteiger charge is -2.19. The minimum atomic E-state index is -0.505. The summed E-state index contributed by atoms with van der Waals surface area (Å²) < 4.78 is 13.3. The van der Waals surface area contributed by atoms with Crippen LogP contribution in [0.4, 0.5) is 4.79 Å². The Hall–Kier alpha value is -1.67. The van der Waals surface area contributed by atoms with E-state index in [-0.39, 0.29) is 5.97 Å². The molecule has 1 aromatic heterocycles. The number of hydrogen-bond acceptors (Lipinski definition) is 6. The van der Waals surface area contributed by atoms with Crippen molar-refractivity contribution in [1.29, 1.82) is 0 Å². The first kappa shape index (κ1) is 20.4. The molecule has 0 aromatic carbocycles. The number of rotatable bonds is 7. The van der Waals surface area contributed by atoms with Gasteiger partial charge in [-0.2, -0.15) is 0 Å². The Morgan fingerprint density at radius 2 is 1.83 bits per heavy atom. The molecule has 24 heavy (non-hydrogen) atoms. The van der Waals surface area contributed by atoms with Crippen molar-refractivity contribution in [2.75, 3.05) is 19.7 Å². The topological polar surface area (TPSA) is 92.5 Å². The van der Waals surface area contributed by atoms with Crippen molar-refractivity contribution in [2.24, 2.45) is 0 Å². The van der Waals surface area contributed by atoms with Crippen LogP contribution in [0.2, 0.25) is 0 Å². The van der Waals surface area contributed by atoms with Crippen LogP contribution >= 0.6 is 11.9 Å². The number of H-pyrrole nitrogens is 1. The van der Waals surface area contributed by atoms with Gasteiger partial charge in [-0.3, -0.25) is 4.72 Å². The summed E-state index contributed by atoms with van der Waals surface area (Å²) >= 11 is 1.38. The van der Waals surface area contributed by atoms with E-state index < -0.39 is 11.7 Å². The molecule has 0 bridgehead atoms. The molecule has 136 valence electrons. The van der Waals surface area contributed by atoms with Crippen LogP contribution in [-0.2, 0) is 9.47 Å².